The first-order valence-electron chi connectivity index (χ1n) is 30.7. The second-order valence-electron chi connectivity index (χ2n) is 19.8. The number of esters is 3. The molecule has 0 aromatic rings. The van der Waals surface area contributed by atoms with Crippen LogP contribution < -0.4 is 0 Å². The van der Waals surface area contributed by atoms with Crippen molar-refractivity contribution >= 4 is 17.9 Å². The summed E-state index contributed by atoms with van der Waals surface area (Å²) >= 11 is 0. The van der Waals surface area contributed by atoms with Gasteiger partial charge in [-0.25, -0.2) is 0 Å². The van der Waals surface area contributed by atoms with E-state index in [1.54, 1.807) is 0 Å². The average Bonchev–Trinajstić information content (AvgIpc) is 3.41. The van der Waals surface area contributed by atoms with E-state index in [9.17, 15) is 14.4 Å². The van der Waals surface area contributed by atoms with Gasteiger partial charge in [0.25, 0.3) is 0 Å². The number of hydrogen-bond donors (Lipinski definition) is 0. The number of rotatable bonds is 54. The zero-order valence-electron chi connectivity index (χ0n) is 48.5. The number of ether oxygens (including phenoxy) is 3. The third kappa shape index (κ3) is 60.3. The van der Waals surface area contributed by atoms with E-state index in [2.05, 4.69) is 154 Å². The summed E-state index contributed by atoms with van der Waals surface area (Å²) in [6, 6.07) is 0. The Kier molecular flexibility index (Phi) is 58.4. The lowest BCUT2D eigenvalue weighted by Gasteiger charge is -2.18. The monoisotopic (exact) mass is 1040 g/mol. The highest BCUT2D eigenvalue weighted by Crippen LogP contribution is 2.15. The van der Waals surface area contributed by atoms with Crippen molar-refractivity contribution in [3.63, 3.8) is 0 Å². The molecule has 1 atom stereocenters. The molecule has 0 amide bonds. The molecule has 75 heavy (non-hydrogen) atoms. The summed E-state index contributed by atoms with van der Waals surface area (Å²) in [6.07, 6.45) is 87.5. The molecular weight excluding hydrogens is 925 g/mol. The third-order valence-corrected chi connectivity index (χ3v) is 12.6. The van der Waals surface area contributed by atoms with Crippen LogP contribution in [0.25, 0.3) is 0 Å². The van der Waals surface area contributed by atoms with Crippen LogP contribution in [0.3, 0.4) is 0 Å². The van der Waals surface area contributed by atoms with Gasteiger partial charge in [-0.15, -0.1) is 0 Å². The van der Waals surface area contributed by atoms with Crippen molar-refractivity contribution in [2.45, 2.75) is 271 Å². The lowest BCUT2D eigenvalue weighted by Crippen LogP contribution is -2.30. The first-order valence-corrected chi connectivity index (χ1v) is 30.7. The molecule has 0 aliphatic heterocycles. The molecule has 0 bridgehead atoms. The van der Waals surface area contributed by atoms with Crippen LogP contribution in [-0.2, 0) is 28.6 Å². The van der Waals surface area contributed by atoms with Gasteiger partial charge in [0, 0.05) is 19.3 Å². The van der Waals surface area contributed by atoms with Crippen LogP contribution in [0.1, 0.15) is 265 Å². The maximum Gasteiger partial charge on any atom is 0.306 e. The molecule has 0 heterocycles. The maximum atomic E-state index is 12.9. The maximum absolute atomic E-state index is 12.9. The minimum Gasteiger partial charge on any atom is -0.462 e. The SMILES string of the molecule is CC/C=C\C/C=C\C/C=C\C/C=C\C/C=C\CCCCCCCCCCCCCCCC(=O)OCC(COC(=O)CCCCC/C=C\C/C=C\C/C=C\CC)OC(=O)CCCCCCC/C=C\C/C=C\C/C=C\CC. The van der Waals surface area contributed by atoms with Crippen LogP contribution in [0.4, 0.5) is 0 Å². The van der Waals surface area contributed by atoms with Crippen molar-refractivity contribution < 1.29 is 28.6 Å². The molecule has 0 rings (SSSR count). The van der Waals surface area contributed by atoms with Crippen molar-refractivity contribution in [1.29, 1.82) is 0 Å². The van der Waals surface area contributed by atoms with Gasteiger partial charge in [-0.2, -0.15) is 0 Å². The van der Waals surface area contributed by atoms with Crippen LogP contribution in [0.15, 0.2) is 134 Å². The molecule has 0 spiro atoms. The molecule has 0 aromatic carbocycles. The first kappa shape index (κ1) is 70.5. The molecule has 6 nitrogen and oxygen atoms in total. The molecule has 0 saturated heterocycles. The van der Waals surface area contributed by atoms with Crippen molar-refractivity contribution in [3.8, 4) is 0 Å². The first-order chi connectivity index (χ1) is 37.0. The Bertz CT molecular complexity index is 1620. The van der Waals surface area contributed by atoms with Crippen LogP contribution in [0.5, 0.6) is 0 Å². The van der Waals surface area contributed by atoms with Gasteiger partial charge in [0.1, 0.15) is 13.2 Å². The van der Waals surface area contributed by atoms with Crippen LogP contribution >= 0.6 is 0 Å². The predicted molar refractivity (Wildman–Crippen MR) is 325 cm³/mol. The lowest BCUT2D eigenvalue weighted by molar-refractivity contribution is -0.167. The predicted octanol–water partition coefficient (Wildman–Crippen LogP) is 21.0. The molecule has 0 aliphatic carbocycles. The van der Waals surface area contributed by atoms with E-state index in [1.165, 1.54) is 70.6 Å². The van der Waals surface area contributed by atoms with Crippen molar-refractivity contribution in [3.05, 3.63) is 134 Å². The molecule has 1 unspecified atom stereocenters. The molecule has 0 radical (unpaired) electrons. The highest BCUT2D eigenvalue weighted by Gasteiger charge is 2.19. The van der Waals surface area contributed by atoms with Gasteiger partial charge in [-0.3, -0.25) is 14.4 Å². The minimum atomic E-state index is -0.804. The number of unbranched alkanes of at least 4 members (excludes halogenated alkanes) is 21. The molecule has 6 heteroatoms. The Hall–Kier alpha value is -4.45. The molecule has 0 fully saturated rings. The Morgan fingerprint density at radius 2 is 0.480 bits per heavy atom. The van der Waals surface area contributed by atoms with Gasteiger partial charge in [0.05, 0.1) is 0 Å². The fourth-order valence-corrected chi connectivity index (χ4v) is 8.15. The molecule has 424 valence electrons. The normalized spacial score (nSPS) is 13.1. The summed E-state index contributed by atoms with van der Waals surface area (Å²) in [4.78, 5) is 38.2. The Labute approximate surface area is 462 Å². The molecule has 0 aromatic heterocycles. The number of carbonyl (C=O) groups is 3. The Morgan fingerprint density at radius 1 is 0.267 bits per heavy atom. The zero-order valence-corrected chi connectivity index (χ0v) is 48.5. The van der Waals surface area contributed by atoms with E-state index >= 15 is 0 Å². The molecular formula is C69H112O6. The topological polar surface area (TPSA) is 78.9 Å². The van der Waals surface area contributed by atoms with E-state index in [-0.39, 0.29) is 31.1 Å². The summed E-state index contributed by atoms with van der Waals surface area (Å²) in [5.74, 6) is -0.948. The van der Waals surface area contributed by atoms with Gasteiger partial charge in [0.2, 0.25) is 0 Å². The summed E-state index contributed by atoms with van der Waals surface area (Å²) < 4.78 is 16.8. The summed E-state index contributed by atoms with van der Waals surface area (Å²) in [7, 11) is 0. The Morgan fingerprint density at radius 3 is 0.760 bits per heavy atom. The van der Waals surface area contributed by atoms with E-state index in [0.717, 1.165) is 154 Å². The third-order valence-electron chi connectivity index (χ3n) is 12.6. The van der Waals surface area contributed by atoms with Crippen LogP contribution in [0.2, 0.25) is 0 Å². The smallest absolute Gasteiger partial charge is 0.306 e. The highest BCUT2D eigenvalue weighted by molar-refractivity contribution is 5.71. The summed E-state index contributed by atoms with van der Waals surface area (Å²) in [5, 5.41) is 0. The average molecular weight is 1040 g/mol. The quantitative estimate of drug-likeness (QED) is 0.0261. The second kappa shape index (κ2) is 62.1. The van der Waals surface area contributed by atoms with Crippen molar-refractivity contribution in [1.82, 2.24) is 0 Å². The molecule has 0 saturated carbocycles. The van der Waals surface area contributed by atoms with E-state index < -0.39 is 6.10 Å². The van der Waals surface area contributed by atoms with Gasteiger partial charge < -0.3 is 14.2 Å². The largest absolute Gasteiger partial charge is 0.462 e. The van der Waals surface area contributed by atoms with Crippen LogP contribution in [-0.4, -0.2) is 37.2 Å². The number of allylic oxidation sites excluding steroid dienone is 22. The van der Waals surface area contributed by atoms with Gasteiger partial charge in [0.15, 0.2) is 6.10 Å². The van der Waals surface area contributed by atoms with Gasteiger partial charge >= 0.3 is 17.9 Å². The van der Waals surface area contributed by atoms with Crippen molar-refractivity contribution in [2.24, 2.45) is 0 Å². The fourth-order valence-electron chi connectivity index (χ4n) is 8.15. The lowest BCUT2D eigenvalue weighted by atomic mass is 10.0. The van der Waals surface area contributed by atoms with Gasteiger partial charge in [-0.05, 0) is 128 Å². The van der Waals surface area contributed by atoms with E-state index in [1.807, 2.05) is 0 Å². The standard InChI is InChI=1S/C69H112O6/c1-4-7-10-13-16-19-22-25-27-28-29-30-31-32-33-34-35-36-37-38-39-40-42-44-47-50-53-56-59-62-68(71)74-65-66(64-73-67(70)61-58-55-52-49-46-43-24-21-18-15-12-9-6-3)75-69(72)63-60-57-54-51-48-45-41-26-23-20-17-14-11-8-5-2/h7-12,16-21,25-27,29-30,32-33,41,43,46,66H,4-6,13-15,22-24,28,31,34-40,42,44-45,47-65H2,1-3H3/b10-7-,11-8-,12-9-,19-16-,20-17-,21-18-,27-25-,30-29-,33-32-,41-26-,46-43-. The minimum absolute atomic E-state index is 0.0981. The number of hydrogen-bond acceptors (Lipinski definition) is 6. The number of carbonyl (C=O) groups excluding carboxylic acids is 3. The molecule has 0 N–H and O–H groups in total. The Balaban J connectivity index is 4.29. The van der Waals surface area contributed by atoms with Gasteiger partial charge in [-0.1, -0.05) is 251 Å². The zero-order chi connectivity index (χ0) is 54.3. The summed E-state index contributed by atoms with van der Waals surface area (Å²) in [5.41, 5.74) is 0. The van der Waals surface area contributed by atoms with E-state index in [0.29, 0.717) is 19.3 Å². The second-order valence-corrected chi connectivity index (χ2v) is 19.8. The van der Waals surface area contributed by atoms with Crippen LogP contribution in [0, 0.1) is 0 Å². The highest BCUT2D eigenvalue weighted by atomic mass is 16.6. The summed E-state index contributed by atoms with van der Waals surface area (Å²) in [6.45, 7) is 6.26. The fraction of sp³-hybridized carbons (Fsp3) is 0.638. The van der Waals surface area contributed by atoms with E-state index in [4.69, 9.17) is 14.2 Å². The van der Waals surface area contributed by atoms with Crippen molar-refractivity contribution in [2.75, 3.05) is 13.2 Å². The molecule has 0 aliphatic rings.